The molecule has 1 aliphatic rings. The molecule has 1 N–H and O–H groups in total. The van der Waals surface area contributed by atoms with Crippen LogP contribution in [0.5, 0.6) is 0 Å². The summed E-state index contributed by atoms with van der Waals surface area (Å²) in [5, 5.41) is 2.77. The minimum absolute atomic E-state index is 0.0603. The van der Waals surface area contributed by atoms with Gasteiger partial charge in [-0.2, -0.15) is 24.4 Å². The Balaban J connectivity index is 1.93. The molecule has 0 radical (unpaired) electrons. The van der Waals surface area contributed by atoms with Crippen LogP contribution in [-0.4, -0.2) is 92.2 Å². The number of ether oxygens (including phenoxy) is 2. The fraction of sp³-hybridized carbons (Fsp3) is 0.647. The van der Waals surface area contributed by atoms with Crippen molar-refractivity contribution in [1.82, 2.24) is 10.2 Å². The maximum Gasteiger partial charge on any atom is 0.253 e. The molecule has 1 aliphatic heterocycles. The maximum atomic E-state index is 11.7. The van der Waals surface area contributed by atoms with E-state index in [4.69, 9.17) is 9.47 Å². The Morgan fingerprint density at radius 2 is 1.85 bits per heavy atom. The summed E-state index contributed by atoms with van der Waals surface area (Å²) in [6.07, 6.45) is 4.84. The van der Waals surface area contributed by atoms with Gasteiger partial charge >= 0.3 is 0 Å². The number of hydrogen-bond donors (Lipinski definition) is 2. The van der Waals surface area contributed by atoms with Gasteiger partial charge in [-0.05, 0) is 6.26 Å². The number of amides is 3. The van der Waals surface area contributed by atoms with Crippen molar-refractivity contribution in [3.05, 3.63) is 12.2 Å². The fourth-order valence-corrected chi connectivity index (χ4v) is 2.99. The minimum Gasteiger partial charge on any atom is -0.377 e. The molecule has 3 amide bonds. The summed E-state index contributed by atoms with van der Waals surface area (Å²) in [7, 11) is 0. The molecule has 0 aromatic heterocycles. The highest BCUT2D eigenvalue weighted by Crippen LogP contribution is 2.02. The number of carbonyl (C=O) groups is 3. The van der Waals surface area contributed by atoms with Crippen LogP contribution < -0.4 is 5.32 Å². The van der Waals surface area contributed by atoms with E-state index in [-0.39, 0.29) is 30.9 Å². The highest BCUT2D eigenvalue weighted by molar-refractivity contribution is 7.99. The Kier molecular flexibility index (Phi) is 12.9. The second-order valence-corrected chi connectivity index (χ2v) is 6.71. The number of thiol groups is 1. The predicted molar refractivity (Wildman–Crippen MR) is 110 cm³/mol. The zero-order valence-electron chi connectivity index (χ0n) is 15.5. The van der Waals surface area contributed by atoms with Crippen LogP contribution in [0.4, 0.5) is 0 Å². The minimum atomic E-state index is -0.313. The average Bonchev–Trinajstić information content (AvgIpc) is 2.97. The SMILES string of the molecule is CSC/C(CS)=N\CCC(=O)NCCOCCOCCN1C(=O)C=CC1=O. The van der Waals surface area contributed by atoms with Gasteiger partial charge in [0.1, 0.15) is 0 Å². The Bertz CT molecular complexity index is 537. The molecule has 0 aliphatic carbocycles. The zero-order chi connectivity index (χ0) is 19.9. The molecular weight excluding hydrogens is 390 g/mol. The summed E-state index contributed by atoms with van der Waals surface area (Å²) in [5.74, 6) is 0.761. The first-order chi connectivity index (χ1) is 13.1. The van der Waals surface area contributed by atoms with Crippen LogP contribution in [0.2, 0.25) is 0 Å². The van der Waals surface area contributed by atoms with Crippen molar-refractivity contribution in [2.75, 3.05) is 63.8 Å². The van der Waals surface area contributed by atoms with Crippen LogP contribution in [0.1, 0.15) is 6.42 Å². The molecule has 0 spiro atoms. The van der Waals surface area contributed by atoms with Crippen molar-refractivity contribution in [1.29, 1.82) is 0 Å². The first kappa shape index (κ1) is 23.7. The number of rotatable bonds is 15. The number of nitrogens with one attached hydrogen (secondary N) is 1. The van der Waals surface area contributed by atoms with Crippen molar-refractivity contribution in [2.24, 2.45) is 4.99 Å². The summed E-state index contributed by atoms with van der Waals surface area (Å²) in [6, 6.07) is 0. The Labute approximate surface area is 169 Å². The fourth-order valence-electron chi connectivity index (χ4n) is 2.10. The van der Waals surface area contributed by atoms with Crippen LogP contribution in [0.25, 0.3) is 0 Å². The highest BCUT2D eigenvalue weighted by Gasteiger charge is 2.22. The van der Waals surface area contributed by atoms with E-state index in [1.807, 2.05) is 6.26 Å². The molecule has 0 aromatic rings. The van der Waals surface area contributed by atoms with Gasteiger partial charge in [-0.25, -0.2) is 0 Å². The first-order valence-electron chi connectivity index (χ1n) is 8.66. The summed E-state index contributed by atoms with van der Waals surface area (Å²) in [4.78, 5) is 39.8. The third-order valence-corrected chi connectivity index (χ3v) is 4.46. The summed E-state index contributed by atoms with van der Waals surface area (Å²) in [5.41, 5.74) is 0.997. The number of thioether (sulfide) groups is 1. The lowest BCUT2D eigenvalue weighted by molar-refractivity contribution is -0.137. The van der Waals surface area contributed by atoms with Gasteiger partial charge in [0.2, 0.25) is 5.91 Å². The molecule has 1 heterocycles. The molecule has 10 heteroatoms. The van der Waals surface area contributed by atoms with E-state index in [9.17, 15) is 14.4 Å². The molecule has 0 unspecified atom stereocenters. The van der Waals surface area contributed by atoms with E-state index < -0.39 is 0 Å². The van der Waals surface area contributed by atoms with Gasteiger partial charge in [0, 0.05) is 48.9 Å². The van der Waals surface area contributed by atoms with E-state index in [0.29, 0.717) is 45.1 Å². The molecule has 0 fully saturated rings. The molecule has 0 saturated carbocycles. The van der Waals surface area contributed by atoms with Gasteiger partial charge < -0.3 is 14.8 Å². The number of hydrogen-bond acceptors (Lipinski definition) is 8. The topological polar surface area (TPSA) is 97.3 Å². The third kappa shape index (κ3) is 10.5. The lowest BCUT2D eigenvalue weighted by Crippen LogP contribution is -2.33. The molecule has 8 nitrogen and oxygen atoms in total. The molecule has 0 bridgehead atoms. The predicted octanol–water partition coefficient (Wildman–Crippen LogP) is 0.185. The Morgan fingerprint density at radius 3 is 2.48 bits per heavy atom. The van der Waals surface area contributed by atoms with Crippen molar-refractivity contribution in [3.63, 3.8) is 0 Å². The number of carbonyl (C=O) groups excluding carboxylic acids is 3. The number of aliphatic imine (C=N–C) groups is 1. The maximum absolute atomic E-state index is 11.7. The van der Waals surface area contributed by atoms with Crippen LogP contribution in [-0.2, 0) is 23.9 Å². The van der Waals surface area contributed by atoms with E-state index in [1.54, 1.807) is 11.8 Å². The second-order valence-electron chi connectivity index (χ2n) is 5.53. The molecule has 152 valence electrons. The Hall–Kier alpha value is -1.36. The second kappa shape index (κ2) is 14.7. The molecule has 1 rings (SSSR count). The standard InChI is InChI=1S/C17H27N3O5S2/c1-27-13-14(12-26)18-5-4-15(21)19-6-8-24-10-11-25-9-7-20-16(22)2-3-17(20)23/h2-3,26H,4-13H2,1H3,(H,19,21)/b18-14-. The van der Waals surface area contributed by atoms with Gasteiger partial charge in [-0.3, -0.25) is 24.3 Å². The lowest BCUT2D eigenvalue weighted by atomic mass is 10.4. The van der Waals surface area contributed by atoms with Crippen molar-refractivity contribution >= 4 is 47.8 Å². The van der Waals surface area contributed by atoms with Gasteiger partial charge in [0.25, 0.3) is 11.8 Å². The van der Waals surface area contributed by atoms with Crippen LogP contribution in [0.3, 0.4) is 0 Å². The molecular formula is C17H27N3O5S2. The van der Waals surface area contributed by atoms with Crippen molar-refractivity contribution in [3.8, 4) is 0 Å². The normalized spacial score (nSPS) is 14.3. The van der Waals surface area contributed by atoms with E-state index in [2.05, 4.69) is 22.9 Å². The third-order valence-electron chi connectivity index (χ3n) is 3.47. The number of imide groups is 1. The number of nitrogens with zero attached hydrogens (tertiary/aromatic N) is 2. The quantitative estimate of drug-likeness (QED) is 0.171. The summed E-state index contributed by atoms with van der Waals surface area (Å²) in [6.45, 7) is 2.51. The van der Waals surface area contributed by atoms with Gasteiger partial charge in [0.15, 0.2) is 0 Å². The van der Waals surface area contributed by atoms with E-state index in [0.717, 1.165) is 16.4 Å². The molecule has 27 heavy (non-hydrogen) atoms. The summed E-state index contributed by atoms with van der Waals surface area (Å²) < 4.78 is 10.7. The largest absolute Gasteiger partial charge is 0.377 e. The van der Waals surface area contributed by atoms with Gasteiger partial charge in [-0.1, -0.05) is 0 Å². The Morgan fingerprint density at radius 1 is 1.19 bits per heavy atom. The van der Waals surface area contributed by atoms with Crippen LogP contribution >= 0.6 is 24.4 Å². The molecule has 0 aromatic carbocycles. The van der Waals surface area contributed by atoms with Crippen molar-refractivity contribution < 1.29 is 23.9 Å². The van der Waals surface area contributed by atoms with E-state index >= 15 is 0 Å². The summed E-state index contributed by atoms with van der Waals surface area (Å²) >= 11 is 5.89. The van der Waals surface area contributed by atoms with Crippen molar-refractivity contribution in [2.45, 2.75) is 6.42 Å². The lowest BCUT2D eigenvalue weighted by Gasteiger charge is -2.13. The first-order valence-corrected chi connectivity index (χ1v) is 10.7. The smallest absolute Gasteiger partial charge is 0.253 e. The molecule has 0 atom stereocenters. The molecule has 0 saturated heterocycles. The average molecular weight is 418 g/mol. The van der Waals surface area contributed by atoms with E-state index in [1.165, 1.54) is 12.2 Å². The van der Waals surface area contributed by atoms with Crippen LogP contribution in [0.15, 0.2) is 17.1 Å². The monoisotopic (exact) mass is 417 g/mol. The zero-order valence-corrected chi connectivity index (χ0v) is 17.2. The van der Waals surface area contributed by atoms with Gasteiger partial charge in [-0.15, -0.1) is 0 Å². The highest BCUT2D eigenvalue weighted by atomic mass is 32.2. The van der Waals surface area contributed by atoms with Crippen LogP contribution in [0, 0.1) is 0 Å². The van der Waals surface area contributed by atoms with Gasteiger partial charge in [0.05, 0.1) is 33.0 Å².